The Hall–Kier alpha value is -0.560. The molecule has 1 aliphatic rings. The standard InChI is InChI=1S/C8H13N/c1-9-8-6-4-2-3-5-7-8/h2,4-5,7-9H,3,6H2,1H3. The Morgan fingerprint density at radius 2 is 2.22 bits per heavy atom. The second kappa shape index (κ2) is 3.46. The van der Waals surface area contributed by atoms with Crippen molar-refractivity contribution in [1.29, 1.82) is 0 Å². The fraction of sp³-hybridized carbons (Fsp3) is 0.500. The van der Waals surface area contributed by atoms with Crippen molar-refractivity contribution in [2.75, 3.05) is 7.05 Å². The molecule has 1 N–H and O–H groups in total. The summed E-state index contributed by atoms with van der Waals surface area (Å²) >= 11 is 0. The summed E-state index contributed by atoms with van der Waals surface area (Å²) in [6, 6.07) is 0.559. The van der Waals surface area contributed by atoms with Crippen molar-refractivity contribution in [2.24, 2.45) is 0 Å². The fourth-order valence-corrected chi connectivity index (χ4v) is 0.953. The van der Waals surface area contributed by atoms with E-state index < -0.39 is 0 Å². The third kappa shape index (κ3) is 2.02. The molecule has 0 saturated carbocycles. The lowest BCUT2D eigenvalue weighted by atomic mass is 10.2. The maximum atomic E-state index is 3.21. The van der Waals surface area contributed by atoms with Gasteiger partial charge >= 0.3 is 0 Å². The van der Waals surface area contributed by atoms with Crippen molar-refractivity contribution in [1.82, 2.24) is 5.32 Å². The predicted octanol–water partition coefficient (Wildman–Crippen LogP) is 1.48. The van der Waals surface area contributed by atoms with Gasteiger partial charge in [-0.25, -0.2) is 0 Å². The van der Waals surface area contributed by atoms with E-state index in [1.165, 1.54) is 0 Å². The van der Waals surface area contributed by atoms with Crippen LogP contribution in [0.4, 0.5) is 0 Å². The Bertz CT molecular complexity index is 125. The van der Waals surface area contributed by atoms with E-state index in [2.05, 4.69) is 29.6 Å². The molecule has 0 radical (unpaired) electrons. The van der Waals surface area contributed by atoms with E-state index in [0.717, 1.165) is 12.8 Å². The summed E-state index contributed by atoms with van der Waals surface area (Å²) in [4.78, 5) is 0. The van der Waals surface area contributed by atoms with Crippen molar-refractivity contribution < 1.29 is 0 Å². The van der Waals surface area contributed by atoms with E-state index in [1.807, 2.05) is 7.05 Å². The van der Waals surface area contributed by atoms with Crippen LogP contribution in [0.15, 0.2) is 24.3 Å². The molecule has 9 heavy (non-hydrogen) atoms. The van der Waals surface area contributed by atoms with Crippen LogP contribution in [0.3, 0.4) is 0 Å². The fourth-order valence-electron chi connectivity index (χ4n) is 0.953. The third-order valence-electron chi connectivity index (χ3n) is 1.57. The monoisotopic (exact) mass is 123 g/mol. The molecule has 0 aliphatic heterocycles. The molecule has 1 rings (SSSR count). The van der Waals surface area contributed by atoms with Crippen LogP contribution in [0.5, 0.6) is 0 Å². The normalized spacial score (nSPS) is 26.1. The second-order valence-electron chi connectivity index (χ2n) is 2.27. The number of hydrogen-bond donors (Lipinski definition) is 1. The van der Waals surface area contributed by atoms with Crippen molar-refractivity contribution in [3.8, 4) is 0 Å². The highest BCUT2D eigenvalue weighted by atomic mass is 14.8. The zero-order valence-corrected chi connectivity index (χ0v) is 5.80. The maximum absolute atomic E-state index is 3.21. The molecule has 1 heteroatoms. The summed E-state index contributed by atoms with van der Waals surface area (Å²) in [5, 5.41) is 3.21. The van der Waals surface area contributed by atoms with Crippen LogP contribution in [-0.4, -0.2) is 13.1 Å². The number of rotatable bonds is 1. The first-order chi connectivity index (χ1) is 4.43. The molecule has 50 valence electrons. The van der Waals surface area contributed by atoms with Gasteiger partial charge in [0.1, 0.15) is 0 Å². The second-order valence-corrected chi connectivity index (χ2v) is 2.27. The van der Waals surface area contributed by atoms with Crippen LogP contribution in [-0.2, 0) is 0 Å². The molecular formula is C8H13N. The maximum Gasteiger partial charge on any atom is 0.0281 e. The van der Waals surface area contributed by atoms with Gasteiger partial charge in [-0.15, -0.1) is 0 Å². The van der Waals surface area contributed by atoms with Gasteiger partial charge in [0.2, 0.25) is 0 Å². The molecule has 0 saturated heterocycles. The Labute approximate surface area is 56.5 Å². The van der Waals surface area contributed by atoms with Crippen LogP contribution in [0.1, 0.15) is 12.8 Å². The largest absolute Gasteiger partial charge is 0.313 e. The average Bonchev–Trinajstić information content (AvgIpc) is 2.13. The predicted molar refractivity (Wildman–Crippen MR) is 40.4 cm³/mol. The zero-order chi connectivity index (χ0) is 6.53. The Morgan fingerprint density at radius 3 is 3.00 bits per heavy atom. The van der Waals surface area contributed by atoms with Gasteiger partial charge in [0, 0.05) is 6.04 Å². The number of allylic oxidation sites excluding steroid dienone is 2. The molecule has 0 spiro atoms. The van der Waals surface area contributed by atoms with Crippen molar-refractivity contribution in [2.45, 2.75) is 18.9 Å². The summed E-state index contributed by atoms with van der Waals surface area (Å²) in [6.45, 7) is 0. The molecule has 0 bridgehead atoms. The summed E-state index contributed by atoms with van der Waals surface area (Å²) in [5.41, 5.74) is 0. The van der Waals surface area contributed by atoms with E-state index >= 15 is 0 Å². The van der Waals surface area contributed by atoms with Gasteiger partial charge in [0.25, 0.3) is 0 Å². The third-order valence-corrected chi connectivity index (χ3v) is 1.57. The minimum absolute atomic E-state index is 0.559. The number of nitrogens with one attached hydrogen (secondary N) is 1. The molecule has 0 aromatic carbocycles. The van der Waals surface area contributed by atoms with Gasteiger partial charge in [-0.2, -0.15) is 0 Å². The van der Waals surface area contributed by atoms with E-state index in [0.29, 0.717) is 6.04 Å². The first-order valence-electron chi connectivity index (χ1n) is 3.42. The van der Waals surface area contributed by atoms with Gasteiger partial charge < -0.3 is 5.32 Å². The molecule has 0 amide bonds. The van der Waals surface area contributed by atoms with Gasteiger partial charge in [-0.3, -0.25) is 0 Å². The molecule has 0 fully saturated rings. The summed E-state index contributed by atoms with van der Waals surface area (Å²) in [6.07, 6.45) is 11.1. The highest BCUT2D eigenvalue weighted by Gasteiger charge is 1.97. The molecule has 0 aromatic rings. The molecular weight excluding hydrogens is 110 g/mol. The Morgan fingerprint density at radius 1 is 1.33 bits per heavy atom. The van der Waals surface area contributed by atoms with E-state index in [4.69, 9.17) is 0 Å². The molecule has 0 heterocycles. The zero-order valence-electron chi connectivity index (χ0n) is 5.80. The van der Waals surface area contributed by atoms with E-state index in [1.54, 1.807) is 0 Å². The smallest absolute Gasteiger partial charge is 0.0281 e. The van der Waals surface area contributed by atoms with Crippen LogP contribution in [0.2, 0.25) is 0 Å². The van der Waals surface area contributed by atoms with Crippen LogP contribution in [0, 0.1) is 0 Å². The lowest BCUT2D eigenvalue weighted by Crippen LogP contribution is -2.21. The first kappa shape index (κ1) is 6.56. The minimum atomic E-state index is 0.559. The summed E-state index contributed by atoms with van der Waals surface area (Å²) < 4.78 is 0. The quantitative estimate of drug-likeness (QED) is 0.521. The van der Waals surface area contributed by atoms with Crippen LogP contribution >= 0.6 is 0 Å². The number of hydrogen-bond acceptors (Lipinski definition) is 1. The average molecular weight is 123 g/mol. The van der Waals surface area contributed by atoms with Crippen molar-refractivity contribution >= 4 is 0 Å². The Balaban J connectivity index is 2.44. The molecule has 0 aromatic heterocycles. The lowest BCUT2D eigenvalue weighted by molar-refractivity contribution is 0.679. The van der Waals surface area contributed by atoms with Gasteiger partial charge in [0.05, 0.1) is 0 Å². The lowest BCUT2D eigenvalue weighted by Gasteiger charge is -2.05. The number of likely N-dealkylation sites (N-methyl/N-ethyl adjacent to an activating group) is 1. The topological polar surface area (TPSA) is 12.0 Å². The Kier molecular flexibility index (Phi) is 2.52. The summed E-state index contributed by atoms with van der Waals surface area (Å²) in [5.74, 6) is 0. The van der Waals surface area contributed by atoms with Crippen LogP contribution in [0.25, 0.3) is 0 Å². The van der Waals surface area contributed by atoms with E-state index in [-0.39, 0.29) is 0 Å². The van der Waals surface area contributed by atoms with Crippen LogP contribution < -0.4 is 5.32 Å². The minimum Gasteiger partial charge on any atom is -0.313 e. The van der Waals surface area contributed by atoms with Crippen molar-refractivity contribution in [3.05, 3.63) is 24.3 Å². The highest BCUT2D eigenvalue weighted by molar-refractivity contribution is 5.05. The van der Waals surface area contributed by atoms with Gasteiger partial charge in [-0.1, -0.05) is 24.3 Å². The SMILES string of the molecule is CNC1C=CCC=CC1. The van der Waals surface area contributed by atoms with E-state index in [9.17, 15) is 0 Å². The molecule has 1 aliphatic carbocycles. The first-order valence-corrected chi connectivity index (χ1v) is 3.42. The van der Waals surface area contributed by atoms with Gasteiger partial charge in [0.15, 0.2) is 0 Å². The summed E-state index contributed by atoms with van der Waals surface area (Å²) in [7, 11) is 1.99. The molecule has 1 nitrogen and oxygen atoms in total. The molecule has 1 unspecified atom stereocenters. The molecule has 1 atom stereocenters. The van der Waals surface area contributed by atoms with Crippen molar-refractivity contribution in [3.63, 3.8) is 0 Å². The van der Waals surface area contributed by atoms with Gasteiger partial charge in [-0.05, 0) is 19.9 Å². The highest BCUT2D eigenvalue weighted by Crippen LogP contribution is 2.02.